The quantitative estimate of drug-likeness (QED) is 0.587. The van der Waals surface area contributed by atoms with Crippen LogP contribution in [0.4, 0.5) is 0 Å². The van der Waals surface area contributed by atoms with Gasteiger partial charge in [0.05, 0.1) is 26.3 Å². The standard InChI is InChI=1S/C16H21BrN2O6/c1-4-5-18-13(20)8-19-14(21)9-25-16(22)10-6-11(23-2)15(17)12(7-10)24-3/h6-7H,4-5,8-9H2,1-3H3,(H,18,20)(H,19,21). The van der Waals surface area contributed by atoms with Gasteiger partial charge in [0.2, 0.25) is 5.91 Å². The van der Waals surface area contributed by atoms with E-state index in [1.54, 1.807) is 0 Å². The van der Waals surface area contributed by atoms with Crippen LogP contribution in [0.5, 0.6) is 11.5 Å². The van der Waals surface area contributed by atoms with Crippen LogP contribution in [0, 0.1) is 0 Å². The first-order valence-electron chi connectivity index (χ1n) is 7.54. The maximum Gasteiger partial charge on any atom is 0.338 e. The third-order valence-corrected chi connectivity index (χ3v) is 3.82. The Morgan fingerprint density at radius 1 is 1.04 bits per heavy atom. The maximum absolute atomic E-state index is 12.1. The lowest BCUT2D eigenvalue weighted by Gasteiger charge is -2.11. The summed E-state index contributed by atoms with van der Waals surface area (Å²) in [5, 5.41) is 4.98. The van der Waals surface area contributed by atoms with E-state index in [4.69, 9.17) is 14.2 Å². The average Bonchev–Trinajstić information content (AvgIpc) is 2.62. The summed E-state index contributed by atoms with van der Waals surface area (Å²) in [6.45, 7) is 1.79. The summed E-state index contributed by atoms with van der Waals surface area (Å²) in [5.74, 6) is -0.804. The molecule has 0 spiro atoms. The average molecular weight is 417 g/mol. The van der Waals surface area contributed by atoms with E-state index in [2.05, 4.69) is 26.6 Å². The minimum Gasteiger partial charge on any atom is -0.495 e. The Labute approximate surface area is 154 Å². The van der Waals surface area contributed by atoms with Gasteiger partial charge in [0.15, 0.2) is 6.61 Å². The van der Waals surface area contributed by atoms with Crippen LogP contribution >= 0.6 is 15.9 Å². The summed E-state index contributed by atoms with van der Waals surface area (Å²) in [7, 11) is 2.90. The Morgan fingerprint density at radius 2 is 1.64 bits per heavy atom. The lowest BCUT2D eigenvalue weighted by Crippen LogP contribution is -2.38. The molecule has 1 rings (SSSR count). The van der Waals surface area contributed by atoms with Crippen molar-refractivity contribution in [2.75, 3.05) is 33.9 Å². The first-order valence-corrected chi connectivity index (χ1v) is 8.34. The van der Waals surface area contributed by atoms with Gasteiger partial charge in [0.25, 0.3) is 5.91 Å². The molecule has 0 aliphatic carbocycles. The maximum atomic E-state index is 12.1. The first kappa shape index (κ1) is 20.8. The fraction of sp³-hybridized carbons (Fsp3) is 0.438. The molecule has 1 aromatic carbocycles. The first-order chi connectivity index (χ1) is 11.9. The predicted molar refractivity (Wildman–Crippen MR) is 93.8 cm³/mol. The van der Waals surface area contributed by atoms with E-state index in [9.17, 15) is 14.4 Å². The number of amides is 2. The topological polar surface area (TPSA) is 103 Å². The Morgan fingerprint density at radius 3 is 2.16 bits per heavy atom. The van der Waals surface area contributed by atoms with Crippen molar-refractivity contribution in [3.05, 3.63) is 22.2 Å². The monoisotopic (exact) mass is 416 g/mol. The van der Waals surface area contributed by atoms with E-state index >= 15 is 0 Å². The highest BCUT2D eigenvalue weighted by atomic mass is 79.9. The third kappa shape index (κ3) is 6.61. The van der Waals surface area contributed by atoms with E-state index < -0.39 is 18.5 Å². The molecule has 9 heteroatoms. The number of benzene rings is 1. The lowest BCUT2D eigenvalue weighted by atomic mass is 10.2. The van der Waals surface area contributed by atoms with Crippen molar-refractivity contribution in [1.29, 1.82) is 0 Å². The van der Waals surface area contributed by atoms with E-state index in [1.165, 1.54) is 26.4 Å². The van der Waals surface area contributed by atoms with E-state index in [-0.39, 0.29) is 18.0 Å². The number of esters is 1. The number of rotatable bonds is 9. The Hall–Kier alpha value is -2.29. The number of hydrogen-bond donors (Lipinski definition) is 2. The van der Waals surface area contributed by atoms with Crippen molar-refractivity contribution in [2.24, 2.45) is 0 Å². The van der Waals surface area contributed by atoms with Crippen LogP contribution in [-0.4, -0.2) is 51.7 Å². The zero-order chi connectivity index (χ0) is 18.8. The number of nitrogens with one attached hydrogen (secondary N) is 2. The Bertz CT molecular complexity index is 610. The molecule has 0 unspecified atom stereocenters. The van der Waals surface area contributed by atoms with Crippen LogP contribution in [0.2, 0.25) is 0 Å². The van der Waals surface area contributed by atoms with Crippen LogP contribution in [-0.2, 0) is 14.3 Å². The van der Waals surface area contributed by atoms with Crippen LogP contribution in [0.25, 0.3) is 0 Å². The summed E-state index contributed by atoms with van der Waals surface area (Å²) in [5.41, 5.74) is 0.172. The smallest absolute Gasteiger partial charge is 0.338 e. The van der Waals surface area contributed by atoms with E-state index in [0.717, 1.165) is 6.42 Å². The molecule has 1 aromatic rings. The van der Waals surface area contributed by atoms with Crippen LogP contribution in [0.15, 0.2) is 16.6 Å². The summed E-state index contributed by atoms with van der Waals surface area (Å²) in [4.78, 5) is 35.1. The van der Waals surface area contributed by atoms with Gasteiger partial charge in [-0.2, -0.15) is 0 Å². The zero-order valence-corrected chi connectivity index (χ0v) is 15.9. The second kappa shape index (κ2) is 10.5. The molecule has 0 aliphatic heterocycles. The van der Waals surface area contributed by atoms with Crippen molar-refractivity contribution in [3.8, 4) is 11.5 Å². The molecule has 8 nitrogen and oxygen atoms in total. The molecule has 0 aliphatic rings. The van der Waals surface area contributed by atoms with Gasteiger partial charge in [-0.3, -0.25) is 9.59 Å². The Balaban J connectivity index is 2.56. The molecule has 0 atom stereocenters. The lowest BCUT2D eigenvalue weighted by molar-refractivity contribution is -0.127. The second-order valence-corrected chi connectivity index (χ2v) is 5.69. The van der Waals surface area contributed by atoms with Crippen molar-refractivity contribution in [2.45, 2.75) is 13.3 Å². The van der Waals surface area contributed by atoms with E-state index in [1.807, 2.05) is 6.92 Å². The normalized spacial score (nSPS) is 9.92. The highest BCUT2D eigenvalue weighted by Gasteiger charge is 2.17. The SMILES string of the molecule is CCCNC(=O)CNC(=O)COC(=O)c1cc(OC)c(Br)c(OC)c1. The highest BCUT2D eigenvalue weighted by molar-refractivity contribution is 9.10. The van der Waals surface area contributed by atoms with Crippen molar-refractivity contribution in [1.82, 2.24) is 10.6 Å². The van der Waals surface area contributed by atoms with Gasteiger partial charge in [0.1, 0.15) is 16.0 Å². The van der Waals surface area contributed by atoms with Gasteiger partial charge >= 0.3 is 5.97 Å². The molecule has 25 heavy (non-hydrogen) atoms. The molecule has 0 bridgehead atoms. The summed E-state index contributed by atoms with van der Waals surface area (Å²) >= 11 is 3.29. The fourth-order valence-electron chi connectivity index (χ4n) is 1.76. The largest absolute Gasteiger partial charge is 0.495 e. The van der Waals surface area contributed by atoms with E-state index in [0.29, 0.717) is 22.5 Å². The number of ether oxygens (including phenoxy) is 3. The molecular weight excluding hydrogens is 396 g/mol. The van der Waals surface area contributed by atoms with Gasteiger partial charge in [-0.1, -0.05) is 6.92 Å². The second-order valence-electron chi connectivity index (χ2n) is 4.90. The zero-order valence-electron chi connectivity index (χ0n) is 14.3. The predicted octanol–water partition coefficient (Wildman–Crippen LogP) is 1.27. The van der Waals surface area contributed by atoms with Crippen LogP contribution in [0.3, 0.4) is 0 Å². The molecule has 2 amide bonds. The highest BCUT2D eigenvalue weighted by Crippen LogP contribution is 2.35. The molecule has 0 heterocycles. The van der Waals surface area contributed by atoms with Crippen molar-refractivity contribution < 1.29 is 28.6 Å². The molecule has 0 saturated carbocycles. The van der Waals surface area contributed by atoms with Crippen LogP contribution < -0.4 is 20.1 Å². The number of hydrogen-bond acceptors (Lipinski definition) is 6. The van der Waals surface area contributed by atoms with Gasteiger partial charge in [0, 0.05) is 6.54 Å². The fourth-order valence-corrected chi connectivity index (χ4v) is 2.31. The third-order valence-electron chi connectivity index (χ3n) is 3.03. The van der Waals surface area contributed by atoms with Gasteiger partial charge in [-0.05, 0) is 34.5 Å². The molecule has 0 aromatic heterocycles. The summed E-state index contributed by atoms with van der Waals surface area (Å²) < 4.78 is 15.8. The number of carbonyl (C=O) groups excluding carboxylic acids is 3. The summed E-state index contributed by atoms with van der Waals surface area (Å²) in [6.07, 6.45) is 0.803. The molecule has 0 saturated heterocycles. The van der Waals surface area contributed by atoms with Gasteiger partial charge in [-0.25, -0.2) is 4.79 Å². The van der Waals surface area contributed by atoms with Gasteiger partial charge < -0.3 is 24.8 Å². The number of carbonyl (C=O) groups is 3. The molecular formula is C16H21BrN2O6. The molecule has 2 N–H and O–H groups in total. The molecule has 0 radical (unpaired) electrons. The van der Waals surface area contributed by atoms with Crippen LogP contribution in [0.1, 0.15) is 23.7 Å². The van der Waals surface area contributed by atoms with Gasteiger partial charge in [-0.15, -0.1) is 0 Å². The number of halogens is 1. The van der Waals surface area contributed by atoms with Crippen molar-refractivity contribution in [3.63, 3.8) is 0 Å². The number of methoxy groups -OCH3 is 2. The molecule has 138 valence electrons. The molecule has 0 fully saturated rings. The minimum absolute atomic E-state index is 0.170. The minimum atomic E-state index is -0.713. The van der Waals surface area contributed by atoms with Crippen molar-refractivity contribution >= 4 is 33.7 Å². The Kier molecular flexibility index (Phi) is 8.76. The summed E-state index contributed by atoms with van der Waals surface area (Å²) in [6, 6.07) is 2.93.